The van der Waals surface area contributed by atoms with Gasteiger partial charge in [0.2, 0.25) is 0 Å². The molecule has 1 atom stereocenters. The molecule has 0 saturated carbocycles. The maximum absolute atomic E-state index is 13.6. The van der Waals surface area contributed by atoms with Gasteiger partial charge in [0, 0.05) is 27.3 Å². The first kappa shape index (κ1) is 12.3. The van der Waals surface area contributed by atoms with Crippen LogP contribution < -0.4 is 5.32 Å². The second kappa shape index (κ2) is 5.11. The molecular formula is C14H13BrFNS. The van der Waals surface area contributed by atoms with Crippen LogP contribution in [0.15, 0.2) is 34.1 Å². The van der Waals surface area contributed by atoms with Crippen LogP contribution in [-0.2, 0) is 13.0 Å². The normalized spacial score (nSPS) is 18.0. The Balaban J connectivity index is 1.71. The first-order valence-corrected chi connectivity index (χ1v) is 7.65. The molecule has 1 aromatic carbocycles. The fourth-order valence-electron chi connectivity index (χ4n) is 2.49. The standard InChI is InChI=1S/C14H13BrFNS/c15-9-6-10(18-8-9)7-17-14-5-4-11-12(14)2-1-3-13(11)16/h1-3,6,8,14,17H,4-5,7H2. The van der Waals surface area contributed by atoms with Crippen molar-refractivity contribution in [1.82, 2.24) is 5.32 Å². The van der Waals surface area contributed by atoms with Gasteiger partial charge in [-0.2, -0.15) is 0 Å². The smallest absolute Gasteiger partial charge is 0.126 e. The van der Waals surface area contributed by atoms with Crippen molar-refractivity contribution >= 4 is 27.3 Å². The number of benzene rings is 1. The minimum atomic E-state index is -0.0596. The van der Waals surface area contributed by atoms with E-state index in [4.69, 9.17) is 0 Å². The summed E-state index contributed by atoms with van der Waals surface area (Å²) >= 11 is 5.19. The number of rotatable bonds is 3. The Labute approximate surface area is 118 Å². The molecule has 1 N–H and O–H groups in total. The lowest BCUT2D eigenvalue weighted by Gasteiger charge is -2.13. The summed E-state index contributed by atoms with van der Waals surface area (Å²) in [7, 11) is 0. The summed E-state index contributed by atoms with van der Waals surface area (Å²) in [6.07, 6.45) is 1.83. The molecule has 3 rings (SSSR count). The van der Waals surface area contributed by atoms with E-state index in [0.717, 1.165) is 35.0 Å². The van der Waals surface area contributed by atoms with E-state index >= 15 is 0 Å². The maximum Gasteiger partial charge on any atom is 0.126 e. The van der Waals surface area contributed by atoms with Gasteiger partial charge >= 0.3 is 0 Å². The van der Waals surface area contributed by atoms with E-state index in [2.05, 4.69) is 32.7 Å². The molecule has 4 heteroatoms. The minimum absolute atomic E-state index is 0.0596. The topological polar surface area (TPSA) is 12.0 Å². The van der Waals surface area contributed by atoms with Gasteiger partial charge in [-0.3, -0.25) is 0 Å². The first-order chi connectivity index (χ1) is 8.74. The van der Waals surface area contributed by atoms with E-state index in [0.29, 0.717) is 0 Å². The number of hydrogen-bond acceptors (Lipinski definition) is 2. The Morgan fingerprint density at radius 1 is 1.44 bits per heavy atom. The summed E-state index contributed by atoms with van der Waals surface area (Å²) in [5.74, 6) is -0.0596. The fourth-order valence-corrected chi connectivity index (χ4v) is 3.89. The Kier molecular flexibility index (Phi) is 3.50. The number of hydrogen-bond donors (Lipinski definition) is 1. The molecule has 1 nitrogen and oxygen atoms in total. The lowest BCUT2D eigenvalue weighted by molar-refractivity contribution is 0.533. The van der Waals surface area contributed by atoms with Crippen LogP contribution in [0, 0.1) is 5.82 Å². The van der Waals surface area contributed by atoms with Gasteiger partial charge in [-0.05, 0) is 52.0 Å². The number of fused-ring (bicyclic) bond motifs is 1. The number of nitrogens with one attached hydrogen (secondary N) is 1. The van der Waals surface area contributed by atoms with Gasteiger partial charge in [0.05, 0.1) is 0 Å². The summed E-state index contributed by atoms with van der Waals surface area (Å²) in [6.45, 7) is 0.844. The van der Waals surface area contributed by atoms with Crippen molar-refractivity contribution in [2.75, 3.05) is 0 Å². The van der Waals surface area contributed by atoms with Crippen LogP contribution in [0.25, 0.3) is 0 Å². The van der Waals surface area contributed by atoms with Crippen molar-refractivity contribution in [3.8, 4) is 0 Å². The summed E-state index contributed by atoms with van der Waals surface area (Å²) in [5, 5.41) is 5.60. The summed E-state index contributed by atoms with van der Waals surface area (Å²) in [5.41, 5.74) is 2.02. The van der Waals surface area contributed by atoms with Crippen molar-refractivity contribution in [2.45, 2.75) is 25.4 Å². The Bertz CT molecular complexity index is 567. The molecule has 18 heavy (non-hydrogen) atoms. The van der Waals surface area contributed by atoms with Gasteiger partial charge in [0.15, 0.2) is 0 Å². The summed E-state index contributed by atoms with van der Waals surface area (Å²) < 4.78 is 14.7. The first-order valence-electron chi connectivity index (χ1n) is 5.97. The van der Waals surface area contributed by atoms with Crippen LogP contribution in [-0.4, -0.2) is 0 Å². The summed E-state index contributed by atoms with van der Waals surface area (Å²) in [4.78, 5) is 1.30. The third kappa shape index (κ3) is 2.37. The maximum atomic E-state index is 13.6. The molecule has 1 aromatic heterocycles. The second-order valence-corrected chi connectivity index (χ2v) is 6.42. The largest absolute Gasteiger partial charge is 0.305 e. The van der Waals surface area contributed by atoms with Gasteiger partial charge in [0.25, 0.3) is 0 Å². The highest BCUT2D eigenvalue weighted by molar-refractivity contribution is 9.10. The molecule has 2 aromatic rings. The SMILES string of the molecule is Fc1cccc2c1CCC2NCc1cc(Br)cs1. The van der Waals surface area contributed by atoms with E-state index in [-0.39, 0.29) is 11.9 Å². The molecule has 94 valence electrons. The molecule has 0 saturated heterocycles. The fraction of sp³-hybridized carbons (Fsp3) is 0.286. The highest BCUT2D eigenvalue weighted by Gasteiger charge is 2.24. The van der Waals surface area contributed by atoms with Crippen LogP contribution >= 0.6 is 27.3 Å². The second-order valence-electron chi connectivity index (χ2n) is 4.51. The van der Waals surface area contributed by atoms with Crippen molar-refractivity contribution in [3.63, 3.8) is 0 Å². The van der Waals surface area contributed by atoms with Crippen molar-refractivity contribution in [3.05, 3.63) is 55.9 Å². The lowest BCUT2D eigenvalue weighted by Crippen LogP contribution is -2.18. The monoisotopic (exact) mass is 325 g/mol. The highest BCUT2D eigenvalue weighted by atomic mass is 79.9. The summed E-state index contributed by atoms with van der Waals surface area (Å²) in [6, 6.07) is 7.80. The lowest BCUT2D eigenvalue weighted by atomic mass is 10.1. The Hall–Kier alpha value is -0.710. The molecule has 1 aliphatic rings. The third-order valence-electron chi connectivity index (χ3n) is 3.36. The van der Waals surface area contributed by atoms with Crippen molar-refractivity contribution < 1.29 is 4.39 Å². The highest BCUT2D eigenvalue weighted by Crippen LogP contribution is 2.33. The third-order valence-corrected chi connectivity index (χ3v) is 5.06. The molecule has 0 radical (unpaired) electrons. The number of halogens is 2. The van der Waals surface area contributed by atoms with Crippen LogP contribution in [0.3, 0.4) is 0 Å². The molecule has 0 spiro atoms. The van der Waals surface area contributed by atoms with E-state index in [1.54, 1.807) is 23.5 Å². The minimum Gasteiger partial charge on any atom is -0.305 e. The van der Waals surface area contributed by atoms with Gasteiger partial charge < -0.3 is 5.32 Å². The predicted octanol–water partition coefficient (Wildman–Crippen LogP) is 4.43. The van der Waals surface area contributed by atoms with E-state index < -0.39 is 0 Å². The molecular weight excluding hydrogens is 313 g/mol. The molecule has 1 aliphatic carbocycles. The average Bonchev–Trinajstić information content (AvgIpc) is 2.94. The van der Waals surface area contributed by atoms with Crippen molar-refractivity contribution in [2.24, 2.45) is 0 Å². The molecule has 0 amide bonds. The quantitative estimate of drug-likeness (QED) is 0.880. The zero-order valence-electron chi connectivity index (χ0n) is 9.75. The zero-order chi connectivity index (χ0) is 12.5. The molecule has 1 heterocycles. The van der Waals surface area contributed by atoms with Crippen LogP contribution in [0.1, 0.15) is 28.5 Å². The van der Waals surface area contributed by atoms with Gasteiger partial charge in [-0.25, -0.2) is 4.39 Å². The van der Waals surface area contributed by atoms with Crippen LogP contribution in [0.5, 0.6) is 0 Å². The Morgan fingerprint density at radius 3 is 3.11 bits per heavy atom. The van der Waals surface area contributed by atoms with Gasteiger partial charge in [-0.15, -0.1) is 11.3 Å². The van der Waals surface area contributed by atoms with Crippen LogP contribution in [0.2, 0.25) is 0 Å². The molecule has 0 bridgehead atoms. The van der Waals surface area contributed by atoms with E-state index in [1.165, 1.54) is 4.88 Å². The van der Waals surface area contributed by atoms with E-state index in [9.17, 15) is 4.39 Å². The average molecular weight is 326 g/mol. The zero-order valence-corrected chi connectivity index (χ0v) is 12.2. The molecule has 0 fully saturated rings. The van der Waals surface area contributed by atoms with E-state index in [1.807, 2.05) is 6.07 Å². The number of thiophene rings is 1. The van der Waals surface area contributed by atoms with Crippen LogP contribution in [0.4, 0.5) is 4.39 Å². The Morgan fingerprint density at radius 2 is 2.33 bits per heavy atom. The molecule has 0 aliphatic heterocycles. The van der Waals surface area contributed by atoms with Gasteiger partial charge in [0.1, 0.15) is 5.82 Å². The molecule has 1 unspecified atom stereocenters. The predicted molar refractivity (Wildman–Crippen MR) is 76.3 cm³/mol. The van der Waals surface area contributed by atoms with Gasteiger partial charge in [-0.1, -0.05) is 12.1 Å². The van der Waals surface area contributed by atoms with Crippen molar-refractivity contribution in [1.29, 1.82) is 0 Å².